The van der Waals surface area contributed by atoms with Crippen LogP contribution in [0.1, 0.15) is 27.1 Å². The number of likely N-dealkylation sites (N-methyl/N-ethyl adjacent to an activating group) is 1. The number of rotatable bonds is 9. The number of nitrogens with zero attached hydrogens (tertiary/aromatic N) is 2. The molecule has 1 aliphatic rings. The molecule has 3 aromatic rings. The van der Waals surface area contributed by atoms with Crippen LogP contribution in [0.15, 0.2) is 77.7 Å². The normalized spacial score (nSPS) is 14.0. The van der Waals surface area contributed by atoms with Crippen LogP contribution in [0.3, 0.4) is 0 Å². The van der Waals surface area contributed by atoms with Crippen molar-refractivity contribution in [3.8, 4) is 11.5 Å². The van der Waals surface area contributed by atoms with Crippen molar-refractivity contribution in [3.05, 3.63) is 89.7 Å². The van der Waals surface area contributed by atoms with Gasteiger partial charge in [-0.1, -0.05) is 18.2 Å². The van der Waals surface area contributed by atoms with E-state index in [9.17, 15) is 32.4 Å². The Morgan fingerprint density at radius 2 is 1.62 bits per heavy atom. The second-order valence-corrected chi connectivity index (χ2v) is 9.87. The zero-order chi connectivity index (χ0) is 26.7. The van der Waals surface area contributed by atoms with Gasteiger partial charge in [-0.25, -0.2) is 17.5 Å². The summed E-state index contributed by atoms with van der Waals surface area (Å²) in [5, 5.41) is 10.5. The van der Waals surface area contributed by atoms with Gasteiger partial charge in [-0.15, -0.1) is 0 Å². The molecule has 3 aromatic carbocycles. The molecule has 0 fully saturated rings. The highest BCUT2D eigenvalue weighted by molar-refractivity contribution is 7.90. The summed E-state index contributed by atoms with van der Waals surface area (Å²) < 4.78 is 46.2. The number of carbonyl (C=O) groups is 3. The van der Waals surface area contributed by atoms with E-state index >= 15 is 0 Å². The number of halogens is 1. The van der Waals surface area contributed by atoms with E-state index in [4.69, 9.17) is 4.74 Å². The topological polar surface area (TPSA) is 133 Å². The van der Waals surface area contributed by atoms with Gasteiger partial charge in [0, 0.05) is 19.7 Å². The molecule has 192 valence electrons. The Balaban J connectivity index is 1.41. The lowest BCUT2D eigenvalue weighted by molar-refractivity contribution is -0.146. The molecule has 0 aliphatic carbocycles. The largest absolute Gasteiger partial charge is 0.457 e. The quantitative estimate of drug-likeness (QED) is 0.321. The smallest absolute Gasteiger partial charge is 0.264 e. The van der Waals surface area contributed by atoms with Crippen molar-refractivity contribution in [2.45, 2.75) is 17.4 Å². The van der Waals surface area contributed by atoms with Gasteiger partial charge < -0.3 is 9.94 Å². The van der Waals surface area contributed by atoms with Crippen LogP contribution in [0.2, 0.25) is 0 Å². The van der Waals surface area contributed by atoms with Crippen LogP contribution in [-0.2, 0) is 14.8 Å². The van der Waals surface area contributed by atoms with Crippen molar-refractivity contribution in [2.24, 2.45) is 0 Å². The van der Waals surface area contributed by atoms with E-state index in [-0.39, 0.29) is 40.5 Å². The number of amides is 3. The van der Waals surface area contributed by atoms with E-state index in [1.165, 1.54) is 60.7 Å². The average Bonchev–Trinajstić information content (AvgIpc) is 3.09. The van der Waals surface area contributed by atoms with E-state index in [0.29, 0.717) is 5.06 Å². The molecule has 37 heavy (non-hydrogen) atoms. The summed E-state index contributed by atoms with van der Waals surface area (Å²) in [7, 11) is -3.19. The molecule has 1 aliphatic heterocycles. The van der Waals surface area contributed by atoms with Gasteiger partial charge in [0.25, 0.3) is 27.7 Å². The Kier molecular flexibility index (Phi) is 7.34. The molecule has 0 bridgehead atoms. The molecule has 0 spiro atoms. The molecule has 3 amide bonds. The molecule has 2 N–H and O–H groups in total. The maximum absolute atomic E-state index is 13.3. The summed E-state index contributed by atoms with van der Waals surface area (Å²) in [5.74, 6) is -2.16. The summed E-state index contributed by atoms with van der Waals surface area (Å²) in [6.45, 7) is -0.221. The van der Waals surface area contributed by atoms with Gasteiger partial charge in [-0.3, -0.25) is 19.3 Å². The fraction of sp³-hybridized carbons (Fsp3) is 0.160. The van der Waals surface area contributed by atoms with E-state index in [1.54, 1.807) is 12.1 Å². The predicted octanol–water partition coefficient (Wildman–Crippen LogP) is 2.80. The summed E-state index contributed by atoms with van der Waals surface area (Å²) >= 11 is 0. The van der Waals surface area contributed by atoms with Crippen molar-refractivity contribution < 1.29 is 37.1 Å². The van der Waals surface area contributed by atoms with Crippen molar-refractivity contribution in [3.63, 3.8) is 0 Å². The number of hydrogen-bond donors (Lipinski definition) is 2. The number of ether oxygens (including phenoxy) is 1. The zero-order valence-corrected chi connectivity index (χ0v) is 20.3. The first kappa shape index (κ1) is 25.9. The molecule has 0 radical (unpaired) electrons. The highest BCUT2D eigenvalue weighted by atomic mass is 32.2. The Morgan fingerprint density at radius 1 is 1.00 bits per heavy atom. The van der Waals surface area contributed by atoms with Crippen LogP contribution in [-0.4, -0.2) is 60.9 Å². The van der Waals surface area contributed by atoms with Crippen LogP contribution in [0.5, 0.6) is 11.5 Å². The van der Waals surface area contributed by atoms with Crippen LogP contribution in [0, 0.1) is 5.82 Å². The molecule has 10 nitrogen and oxygen atoms in total. The minimum Gasteiger partial charge on any atom is -0.457 e. The minimum absolute atomic E-state index is 0.218. The molecule has 12 heteroatoms. The molecule has 0 saturated carbocycles. The lowest BCUT2D eigenvalue weighted by atomic mass is 10.1. The van der Waals surface area contributed by atoms with Crippen molar-refractivity contribution >= 4 is 27.7 Å². The number of imide groups is 1. The van der Waals surface area contributed by atoms with Gasteiger partial charge in [-0.05, 0) is 55.0 Å². The number of hydrogen-bond acceptors (Lipinski definition) is 8. The Labute approximate surface area is 211 Å². The van der Waals surface area contributed by atoms with Gasteiger partial charge in [0.1, 0.15) is 23.4 Å². The highest BCUT2D eigenvalue weighted by Gasteiger charge is 2.36. The van der Waals surface area contributed by atoms with Gasteiger partial charge in [0.15, 0.2) is 0 Å². The van der Waals surface area contributed by atoms with Gasteiger partial charge in [0.2, 0.25) is 0 Å². The third-order valence-electron chi connectivity index (χ3n) is 5.66. The molecule has 1 unspecified atom stereocenters. The van der Waals surface area contributed by atoms with Gasteiger partial charge in [-0.2, -0.15) is 5.06 Å². The zero-order valence-electron chi connectivity index (χ0n) is 19.5. The first-order chi connectivity index (χ1) is 17.6. The van der Waals surface area contributed by atoms with Crippen molar-refractivity contribution in [2.75, 3.05) is 13.6 Å². The van der Waals surface area contributed by atoms with Crippen LogP contribution in [0.4, 0.5) is 4.39 Å². The van der Waals surface area contributed by atoms with Crippen LogP contribution in [0.25, 0.3) is 0 Å². The fourth-order valence-electron chi connectivity index (χ4n) is 3.79. The number of fused-ring (bicyclic) bond motifs is 1. The molecule has 1 atom stereocenters. The van der Waals surface area contributed by atoms with E-state index in [2.05, 4.69) is 0 Å². The molecule has 0 aromatic heterocycles. The Morgan fingerprint density at radius 3 is 2.19 bits per heavy atom. The van der Waals surface area contributed by atoms with E-state index in [1.807, 2.05) is 4.72 Å². The SMILES string of the molecule is CN(O)C(CCN1C(=O)c2ccccc2C1=O)C(=O)NS(=O)(=O)c1ccc(Oc2cccc(F)c2)cc1. The van der Waals surface area contributed by atoms with Crippen molar-refractivity contribution in [1.82, 2.24) is 14.7 Å². The second-order valence-electron chi connectivity index (χ2n) is 8.19. The van der Waals surface area contributed by atoms with Crippen LogP contribution >= 0.6 is 0 Å². The number of carbonyl (C=O) groups excluding carboxylic acids is 3. The lowest BCUT2D eigenvalue weighted by Gasteiger charge is -2.23. The third-order valence-corrected chi connectivity index (χ3v) is 7.02. The average molecular weight is 528 g/mol. The summed E-state index contributed by atoms with van der Waals surface area (Å²) in [5.41, 5.74) is 0.469. The maximum atomic E-state index is 13.3. The lowest BCUT2D eigenvalue weighted by Crippen LogP contribution is -2.47. The van der Waals surface area contributed by atoms with Crippen molar-refractivity contribution in [1.29, 1.82) is 0 Å². The molecule has 1 heterocycles. The monoisotopic (exact) mass is 527 g/mol. The molecule has 0 saturated heterocycles. The van der Waals surface area contributed by atoms with Gasteiger partial charge >= 0.3 is 0 Å². The van der Waals surface area contributed by atoms with Gasteiger partial charge in [0.05, 0.1) is 16.0 Å². The number of benzene rings is 3. The predicted molar refractivity (Wildman–Crippen MR) is 128 cm³/mol. The third kappa shape index (κ3) is 5.66. The summed E-state index contributed by atoms with van der Waals surface area (Å²) in [6, 6.07) is 15.4. The summed E-state index contributed by atoms with van der Waals surface area (Å²) in [4.78, 5) is 38.5. The van der Waals surface area contributed by atoms with E-state index in [0.717, 1.165) is 11.9 Å². The first-order valence-corrected chi connectivity index (χ1v) is 12.5. The molecular formula is C25H22FN3O7S. The molecular weight excluding hydrogens is 505 g/mol. The van der Waals surface area contributed by atoms with Crippen LogP contribution < -0.4 is 9.46 Å². The second kappa shape index (κ2) is 10.5. The number of sulfonamides is 1. The minimum atomic E-state index is -4.34. The number of hydroxylamine groups is 2. The number of nitrogens with one attached hydrogen (secondary N) is 1. The van der Waals surface area contributed by atoms with E-state index < -0.39 is 39.6 Å². The fourth-order valence-corrected chi connectivity index (χ4v) is 4.81. The maximum Gasteiger partial charge on any atom is 0.264 e. The standard InChI is InChI=1S/C25H22FN3O7S/c1-28(33)22(13-14-29-24(31)20-7-2-3-8-21(20)25(29)32)23(30)27-37(34,35)19-11-9-17(10-12-19)36-18-6-4-5-16(26)15-18/h2-12,15,22,33H,13-14H2,1H3,(H,27,30). The first-order valence-electron chi connectivity index (χ1n) is 11.0. The summed E-state index contributed by atoms with van der Waals surface area (Å²) in [6.07, 6.45) is -0.222. The molecule has 4 rings (SSSR count). The Hall–Kier alpha value is -4.13. The highest BCUT2D eigenvalue weighted by Crippen LogP contribution is 2.25. The Bertz CT molecular complexity index is 1420.